The SMILES string of the molecule is O=C(NCc1ccccc1-c1ccc(Cn2cccn2)cc1)C1(c2ccccc2)CCOCC1. The van der Waals surface area contributed by atoms with Gasteiger partial charge in [0.15, 0.2) is 0 Å². The summed E-state index contributed by atoms with van der Waals surface area (Å²) in [6.07, 6.45) is 5.15. The van der Waals surface area contributed by atoms with E-state index in [0.717, 1.165) is 28.8 Å². The molecule has 5 heteroatoms. The van der Waals surface area contributed by atoms with Crippen LogP contribution in [0.4, 0.5) is 0 Å². The normalized spacial score (nSPS) is 15.1. The Morgan fingerprint density at radius 3 is 2.38 bits per heavy atom. The van der Waals surface area contributed by atoms with E-state index in [1.807, 2.05) is 47.3 Å². The van der Waals surface area contributed by atoms with Gasteiger partial charge in [-0.2, -0.15) is 5.10 Å². The maximum atomic E-state index is 13.6. The second kappa shape index (κ2) is 10.1. The Bertz CT molecular complexity index is 1210. The molecular formula is C29H29N3O2. The lowest BCUT2D eigenvalue weighted by molar-refractivity contribution is -0.130. The van der Waals surface area contributed by atoms with Crippen LogP contribution in [0.2, 0.25) is 0 Å². The Morgan fingerprint density at radius 2 is 1.65 bits per heavy atom. The first-order valence-electron chi connectivity index (χ1n) is 11.8. The van der Waals surface area contributed by atoms with Crippen molar-refractivity contribution in [2.75, 3.05) is 13.2 Å². The number of aromatic nitrogens is 2. The molecule has 1 amide bonds. The summed E-state index contributed by atoms with van der Waals surface area (Å²) in [4.78, 5) is 13.6. The summed E-state index contributed by atoms with van der Waals surface area (Å²) in [5, 5.41) is 7.53. The fraction of sp³-hybridized carbons (Fsp3) is 0.241. The summed E-state index contributed by atoms with van der Waals surface area (Å²) in [6, 6.07) is 28.9. The van der Waals surface area contributed by atoms with E-state index in [-0.39, 0.29) is 5.91 Å². The first-order chi connectivity index (χ1) is 16.7. The molecule has 2 heterocycles. The molecule has 0 bridgehead atoms. The number of amides is 1. The molecule has 0 spiro atoms. The van der Waals surface area contributed by atoms with Crippen molar-refractivity contribution < 1.29 is 9.53 Å². The van der Waals surface area contributed by atoms with Crippen LogP contribution in [0.5, 0.6) is 0 Å². The van der Waals surface area contributed by atoms with Gasteiger partial charge < -0.3 is 10.1 Å². The first kappa shape index (κ1) is 22.1. The minimum atomic E-state index is -0.539. The maximum absolute atomic E-state index is 13.6. The van der Waals surface area contributed by atoms with E-state index >= 15 is 0 Å². The van der Waals surface area contributed by atoms with E-state index in [4.69, 9.17) is 4.74 Å². The van der Waals surface area contributed by atoms with Crippen molar-refractivity contribution in [3.05, 3.63) is 114 Å². The lowest BCUT2D eigenvalue weighted by Crippen LogP contribution is -2.47. The Kier molecular flexibility index (Phi) is 6.54. The number of hydrogen-bond acceptors (Lipinski definition) is 3. The fourth-order valence-corrected chi connectivity index (χ4v) is 4.80. The summed E-state index contributed by atoms with van der Waals surface area (Å²) in [5.41, 5.74) is 5.10. The van der Waals surface area contributed by atoms with Crippen LogP contribution in [-0.2, 0) is 28.0 Å². The fourth-order valence-electron chi connectivity index (χ4n) is 4.80. The summed E-state index contributed by atoms with van der Waals surface area (Å²) < 4.78 is 7.51. The molecule has 1 N–H and O–H groups in total. The number of hydrogen-bond donors (Lipinski definition) is 1. The highest BCUT2D eigenvalue weighted by atomic mass is 16.5. The van der Waals surface area contributed by atoms with Crippen molar-refractivity contribution >= 4 is 5.91 Å². The highest BCUT2D eigenvalue weighted by molar-refractivity contribution is 5.88. The van der Waals surface area contributed by atoms with Crippen LogP contribution in [0.1, 0.15) is 29.5 Å². The second-order valence-electron chi connectivity index (χ2n) is 8.80. The van der Waals surface area contributed by atoms with E-state index in [0.29, 0.717) is 32.6 Å². The summed E-state index contributed by atoms with van der Waals surface area (Å²) in [5.74, 6) is 0.0753. The van der Waals surface area contributed by atoms with Gasteiger partial charge in [0.05, 0.1) is 12.0 Å². The topological polar surface area (TPSA) is 56.2 Å². The molecule has 1 aromatic heterocycles. The molecule has 1 fully saturated rings. The molecule has 1 aliphatic rings. The number of nitrogens with one attached hydrogen (secondary N) is 1. The number of rotatable bonds is 7. The minimum absolute atomic E-state index is 0.0753. The molecule has 172 valence electrons. The number of benzene rings is 3. The van der Waals surface area contributed by atoms with Gasteiger partial charge in [0.1, 0.15) is 0 Å². The quantitative estimate of drug-likeness (QED) is 0.432. The van der Waals surface area contributed by atoms with E-state index in [9.17, 15) is 4.79 Å². The average molecular weight is 452 g/mol. The molecule has 4 aromatic rings. The third kappa shape index (κ3) is 4.66. The lowest BCUT2D eigenvalue weighted by Gasteiger charge is -2.36. The third-order valence-electron chi connectivity index (χ3n) is 6.73. The standard InChI is InChI=1S/C29H29N3O2/c33-28(29(15-19-34-20-16-29)26-8-2-1-3-9-26)30-21-25-7-4-5-10-27(25)24-13-11-23(12-14-24)22-32-18-6-17-31-32/h1-14,17-18H,15-16,19-22H2,(H,30,33). The number of carbonyl (C=O) groups is 1. The highest BCUT2D eigenvalue weighted by Crippen LogP contribution is 2.35. The summed E-state index contributed by atoms with van der Waals surface area (Å²) in [6.45, 7) is 2.43. The van der Waals surface area contributed by atoms with Crippen molar-refractivity contribution in [2.24, 2.45) is 0 Å². The van der Waals surface area contributed by atoms with Crippen molar-refractivity contribution in [1.29, 1.82) is 0 Å². The van der Waals surface area contributed by atoms with Crippen LogP contribution >= 0.6 is 0 Å². The van der Waals surface area contributed by atoms with Crippen molar-refractivity contribution in [3.8, 4) is 11.1 Å². The smallest absolute Gasteiger partial charge is 0.231 e. The van der Waals surface area contributed by atoms with Crippen molar-refractivity contribution in [2.45, 2.75) is 31.3 Å². The van der Waals surface area contributed by atoms with Crippen LogP contribution in [0.15, 0.2) is 97.3 Å². The Morgan fingerprint density at radius 1 is 0.912 bits per heavy atom. The molecule has 3 aromatic carbocycles. The summed E-state index contributed by atoms with van der Waals surface area (Å²) in [7, 11) is 0. The van der Waals surface area contributed by atoms with Gasteiger partial charge in [-0.05, 0) is 46.7 Å². The molecule has 0 aliphatic carbocycles. The Labute approximate surface area is 200 Å². The molecule has 5 nitrogen and oxygen atoms in total. The largest absolute Gasteiger partial charge is 0.381 e. The average Bonchev–Trinajstić information content (AvgIpc) is 3.42. The molecule has 0 unspecified atom stereocenters. The zero-order valence-corrected chi connectivity index (χ0v) is 19.2. The maximum Gasteiger partial charge on any atom is 0.231 e. The van der Waals surface area contributed by atoms with Crippen molar-refractivity contribution in [1.82, 2.24) is 15.1 Å². The van der Waals surface area contributed by atoms with Gasteiger partial charge in [-0.3, -0.25) is 9.48 Å². The number of nitrogens with zero attached hydrogens (tertiary/aromatic N) is 2. The van der Waals surface area contributed by atoms with Gasteiger partial charge >= 0.3 is 0 Å². The predicted molar refractivity (Wildman–Crippen MR) is 133 cm³/mol. The molecule has 0 radical (unpaired) electrons. The minimum Gasteiger partial charge on any atom is -0.381 e. The molecular weight excluding hydrogens is 422 g/mol. The van der Waals surface area contributed by atoms with Crippen LogP contribution in [0.25, 0.3) is 11.1 Å². The van der Waals surface area contributed by atoms with Gasteiger partial charge in [-0.15, -0.1) is 0 Å². The molecule has 0 atom stereocenters. The first-order valence-corrected chi connectivity index (χ1v) is 11.8. The number of ether oxygens (including phenoxy) is 1. The summed E-state index contributed by atoms with van der Waals surface area (Å²) >= 11 is 0. The predicted octanol–water partition coefficient (Wildman–Crippen LogP) is 4.96. The van der Waals surface area contributed by atoms with E-state index in [2.05, 4.69) is 58.9 Å². The lowest BCUT2D eigenvalue weighted by atomic mass is 9.73. The monoisotopic (exact) mass is 451 g/mol. The molecule has 1 saturated heterocycles. The van der Waals surface area contributed by atoms with Crippen LogP contribution < -0.4 is 5.32 Å². The van der Waals surface area contributed by atoms with Gasteiger partial charge in [0.2, 0.25) is 5.91 Å². The van der Waals surface area contributed by atoms with Gasteiger partial charge in [-0.1, -0.05) is 78.9 Å². The molecule has 1 aliphatic heterocycles. The molecule has 5 rings (SSSR count). The highest BCUT2D eigenvalue weighted by Gasteiger charge is 2.41. The van der Waals surface area contributed by atoms with Gasteiger partial charge in [0.25, 0.3) is 0 Å². The van der Waals surface area contributed by atoms with Gasteiger partial charge in [-0.25, -0.2) is 0 Å². The van der Waals surface area contributed by atoms with E-state index in [1.165, 1.54) is 5.56 Å². The van der Waals surface area contributed by atoms with Crippen LogP contribution in [0, 0.1) is 0 Å². The molecule has 34 heavy (non-hydrogen) atoms. The van der Waals surface area contributed by atoms with E-state index in [1.54, 1.807) is 6.20 Å². The number of carbonyl (C=O) groups excluding carboxylic acids is 1. The van der Waals surface area contributed by atoms with Crippen LogP contribution in [-0.4, -0.2) is 28.9 Å². The Balaban J connectivity index is 1.33. The zero-order valence-electron chi connectivity index (χ0n) is 19.2. The Hall–Kier alpha value is -3.70. The third-order valence-corrected chi connectivity index (χ3v) is 6.73. The van der Waals surface area contributed by atoms with Crippen LogP contribution in [0.3, 0.4) is 0 Å². The second-order valence-corrected chi connectivity index (χ2v) is 8.80. The molecule has 0 saturated carbocycles. The van der Waals surface area contributed by atoms with Crippen molar-refractivity contribution in [3.63, 3.8) is 0 Å². The van der Waals surface area contributed by atoms with Gasteiger partial charge in [0, 0.05) is 32.2 Å². The van der Waals surface area contributed by atoms with E-state index < -0.39 is 5.41 Å². The zero-order chi connectivity index (χ0) is 23.2.